The molecule has 1 heterocycles. The summed E-state index contributed by atoms with van der Waals surface area (Å²) in [6, 6.07) is 9.31. The van der Waals surface area contributed by atoms with Crippen LogP contribution in [-0.4, -0.2) is 4.92 Å². The summed E-state index contributed by atoms with van der Waals surface area (Å²) in [7, 11) is 0. The van der Waals surface area contributed by atoms with Gasteiger partial charge in [-0.3, -0.25) is 10.1 Å². The van der Waals surface area contributed by atoms with Gasteiger partial charge in [0, 0.05) is 5.69 Å². The Labute approximate surface area is 116 Å². The van der Waals surface area contributed by atoms with E-state index in [2.05, 4.69) is 23.5 Å². The number of benzene rings is 1. The lowest BCUT2D eigenvalue weighted by atomic mass is 9.90. The van der Waals surface area contributed by atoms with Crippen LogP contribution < -0.4 is 5.32 Å². The first-order chi connectivity index (χ1) is 9.74. The molecule has 1 aliphatic carbocycles. The average Bonchev–Trinajstić information content (AvgIpc) is 2.94. The molecule has 0 unspecified atom stereocenters. The highest BCUT2D eigenvalue weighted by Gasteiger charge is 2.14. The van der Waals surface area contributed by atoms with Gasteiger partial charge in [-0.15, -0.1) is 0 Å². The fourth-order valence-electron chi connectivity index (χ4n) is 2.69. The molecule has 5 nitrogen and oxygen atoms in total. The first kappa shape index (κ1) is 12.7. The summed E-state index contributed by atoms with van der Waals surface area (Å²) in [6.45, 7) is 0.463. The third kappa shape index (κ3) is 2.52. The van der Waals surface area contributed by atoms with Crippen molar-refractivity contribution in [3.05, 3.63) is 57.3 Å². The smallest absolute Gasteiger partial charge is 0.404 e. The highest BCUT2D eigenvalue weighted by atomic mass is 16.6. The van der Waals surface area contributed by atoms with Gasteiger partial charge in [-0.2, -0.15) is 0 Å². The summed E-state index contributed by atoms with van der Waals surface area (Å²) in [6.07, 6.45) is 4.70. The van der Waals surface area contributed by atoms with Gasteiger partial charge < -0.3 is 9.73 Å². The number of hydrogen-bond donors (Lipinski definition) is 1. The molecule has 0 bridgehead atoms. The van der Waals surface area contributed by atoms with Crippen LogP contribution in [0.1, 0.15) is 29.7 Å². The lowest BCUT2D eigenvalue weighted by Crippen LogP contribution is -2.08. The summed E-state index contributed by atoms with van der Waals surface area (Å²) >= 11 is 0. The molecule has 0 amide bonds. The van der Waals surface area contributed by atoms with Crippen LogP contribution in [0.15, 0.2) is 34.7 Å². The van der Waals surface area contributed by atoms with Crippen LogP contribution in [0.3, 0.4) is 0 Å². The second-order valence-electron chi connectivity index (χ2n) is 5.00. The molecule has 1 aromatic heterocycles. The van der Waals surface area contributed by atoms with E-state index in [9.17, 15) is 10.1 Å². The zero-order chi connectivity index (χ0) is 13.9. The summed E-state index contributed by atoms with van der Waals surface area (Å²) in [5, 5.41) is 13.9. The summed E-state index contributed by atoms with van der Waals surface area (Å²) < 4.78 is 5.15. The van der Waals surface area contributed by atoms with Crippen LogP contribution in [0.2, 0.25) is 0 Å². The molecule has 1 aromatic carbocycles. The van der Waals surface area contributed by atoms with Gasteiger partial charge in [0.05, 0.1) is 12.6 Å². The molecule has 0 aliphatic heterocycles. The Morgan fingerprint density at radius 1 is 1.20 bits per heavy atom. The minimum Gasteiger partial charge on any atom is -0.404 e. The topological polar surface area (TPSA) is 68.3 Å². The fourth-order valence-corrected chi connectivity index (χ4v) is 2.69. The molecule has 0 atom stereocenters. The highest BCUT2D eigenvalue weighted by Crippen LogP contribution is 2.28. The monoisotopic (exact) mass is 272 g/mol. The van der Waals surface area contributed by atoms with E-state index in [1.807, 2.05) is 0 Å². The van der Waals surface area contributed by atoms with Crippen molar-refractivity contribution in [3.63, 3.8) is 0 Å². The van der Waals surface area contributed by atoms with Crippen molar-refractivity contribution in [1.82, 2.24) is 0 Å². The Balaban J connectivity index is 1.73. The minimum absolute atomic E-state index is 0.211. The van der Waals surface area contributed by atoms with Crippen LogP contribution in [-0.2, 0) is 19.4 Å². The van der Waals surface area contributed by atoms with E-state index in [4.69, 9.17) is 4.42 Å². The third-order valence-corrected chi connectivity index (χ3v) is 3.68. The number of nitro groups is 1. The molecular weight excluding hydrogens is 256 g/mol. The van der Waals surface area contributed by atoms with E-state index in [0.717, 1.165) is 18.5 Å². The lowest BCUT2D eigenvalue weighted by Gasteiger charge is -2.19. The van der Waals surface area contributed by atoms with Gasteiger partial charge in [0.1, 0.15) is 10.7 Å². The van der Waals surface area contributed by atoms with Gasteiger partial charge >= 0.3 is 5.88 Å². The van der Waals surface area contributed by atoms with Crippen molar-refractivity contribution in [2.24, 2.45) is 0 Å². The number of furan rings is 1. The quantitative estimate of drug-likeness (QED) is 0.681. The second kappa shape index (κ2) is 5.36. The number of rotatable bonds is 4. The molecule has 5 heteroatoms. The zero-order valence-corrected chi connectivity index (χ0v) is 11.1. The van der Waals surface area contributed by atoms with Gasteiger partial charge in [-0.25, -0.2) is 0 Å². The first-order valence-corrected chi connectivity index (χ1v) is 6.82. The molecule has 0 spiro atoms. The van der Waals surface area contributed by atoms with Crippen molar-refractivity contribution in [2.45, 2.75) is 32.2 Å². The van der Waals surface area contributed by atoms with Crippen molar-refractivity contribution in [3.8, 4) is 0 Å². The maximum atomic E-state index is 10.6. The molecule has 1 N–H and O–H groups in total. The summed E-state index contributed by atoms with van der Waals surface area (Å²) in [5.74, 6) is 0.363. The van der Waals surface area contributed by atoms with E-state index in [1.54, 1.807) is 6.07 Å². The number of anilines is 1. The molecule has 1 aliphatic rings. The van der Waals surface area contributed by atoms with E-state index in [-0.39, 0.29) is 5.88 Å². The lowest BCUT2D eigenvalue weighted by molar-refractivity contribution is -0.402. The van der Waals surface area contributed by atoms with Crippen molar-refractivity contribution < 1.29 is 9.34 Å². The molecule has 2 aromatic rings. The predicted octanol–water partition coefficient (Wildman–Crippen LogP) is 3.68. The molecule has 20 heavy (non-hydrogen) atoms. The molecular formula is C15H16N2O3. The predicted molar refractivity (Wildman–Crippen MR) is 75.8 cm³/mol. The maximum Gasteiger partial charge on any atom is 0.433 e. The van der Waals surface area contributed by atoms with Crippen molar-refractivity contribution >= 4 is 11.6 Å². The molecule has 0 saturated carbocycles. The normalized spacial score (nSPS) is 13.8. The molecule has 0 radical (unpaired) electrons. The SMILES string of the molecule is O=[N+]([O-])c1ccc(CNc2cccc3c2CCCC3)o1. The Bertz CT molecular complexity index is 634. The van der Waals surface area contributed by atoms with Gasteiger partial charge in [0.25, 0.3) is 0 Å². The van der Waals surface area contributed by atoms with Crippen LogP contribution >= 0.6 is 0 Å². The first-order valence-electron chi connectivity index (χ1n) is 6.82. The largest absolute Gasteiger partial charge is 0.433 e. The Hall–Kier alpha value is -2.30. The van der Waals surface area contributed by atoms with E-state index >= 15 is 0 Å². The van der Waals surface area contributed by atoms with E-state index in [1.165, 1.54) is 30.0 Å². The number of aryl methyl sites for hydroxylation is 1. The summed E-state index contributed by atoms with van der Waals surface area (Å²) in [5.41, 5.74) is 3.90. The minimum atomic E-state index is -0.520. The fraction of sp³-hybridized carbons (Fsp3) is 0.333. The maximum absolute atomic E-state index is 10.6. The summed E-state index contributed by atoms with van der Waals surface area (Å²) in [4.78, 5) is 10.1. The van der Waals surface area contributed by atoms with Crippen molar-refractivity contribution in [2.75, 3.05) is 5.32 Å². The Morgan fingerprint density at radius 3 is 2.85 bits per heavy atom. The standard InChI is InChI=1S/C15H16N2O3/c18-17(19)15-9-8-12(20-15)10-16-14-7-3-5-11-4-1-2-6-13(11)14/h3,5,7-9,16H,1-2,4,6,10H2. The van der Waals surface area contributed by atoms with Crippen LogP contribution in [0.5, 0.6) is 0 Å². The van der Waals surface area contributed by atoms with Crippen LogP contribution in [0.4, 0.5) is 11.6 Å². The van der Waals surface area contributed by atoms with E-state index < -0.39 is 4.92 Å². The number of hydrogen-bond acceptors (Lipinski definition) is 4. The van der Waals surface area contributed by atoms with Gasteiger partial charge in [-0.1, -0.05) is 12.1 Å². The highest BCUT2D eigenvalue weighted by molar-refractivity contribution is 5.55. The second-order valence-corrected chi connectivity index (χ2v) is 5.00. The van der Waals surface area contributed by atoms with Crippen molar-refractivity contribution in [1.29, 1.82) is 0 Å². The Morgan fingerprint density at radius 2 is 2.05 bits per heavy atom. The molecule has 104 valence electrons. The molecule has 0 fully saturated rings. The average molecular weight is 272 g/mol. The number of fused-ring (bicyclic) bond motifs is 1. The third-order valence-electron chi connectivity index (χ3n) is 3.68. The number of nitrogens with one attached hydrogen (secondary N) is 1. The van der Waals surface area contributed by atoms with Crippen LogP contribution in [0.25, 0.3) is 0 Å². The van der Waals surface area contributed by atoms with Crippen LogP contribution in [0, 0.1) is 10.1 Å². The van der Waals surface area contributed by atoms with E-state index in [0.29, 0.717) is 12.3 Å². The molecule has 3 rings (SSSR count). The molecule has 0 saturated heterocycles. The Kier molecular flexibility index (Phi) is 3.41. The zero-order valence-electron chi connectivity index (χ0n) is 11.1. The van der Waals surface area contributed by atoms with Gasteiger partial charge in [-0.05, 0) is 48.9 Å². The van der Waals surface area contributed by atoms with Gasteiger partial charge in [0.15, 0.2) is 0 Å². The number of nitrogens with zero attached hydrogens (tertiary/aromatic N) is 1. The van der Waals surface area contributed by atoms with Gasteiger partial charge in [0.2, 0.25) is 0 Å².